The van der Waals surface area contributed by atoms with Crippen LogP contribution >= 0.6 is 0 Å². The molecular formula is C21H28N2O5. The number of likely N-dealkylation sites (tertiary alicyclic amines) is 1. The van der Waals surface area contributed by atoms with Crippen molar-refractivity contribution in [1.82, 2.24) is 9.47 Å². The number of aliphatic hydroxyl groups is 1. The fourth-order valence-electron chi connectivity index (χ4n) is 4.36. The Morgan fingerprint density at radius 3 is 2.64 bits per heavy atom. The van der Waals surface area contributed by atoms with Gasteiger partial charge in [-0.2, -0.15) is 0 Å². The molecule has 0 unspecified atom stereocenters. The van der Waals surface area contributed by atoms with Gasteiger partial charge in [-0.05, 0) is 38.0 Å². The van der Waals surface area contributed by atoms with E-state index in [1.54, 1.807) is 12.0 Å². The van der Waals surface area contributed by atoms with Crippen molar-refractivity contribution in [2.45, 2.75) is 39.2 Å². The summed E-state index contributed by atoms with van der Waals surface area (Å²) in [7, 11) is 3.49. The van der Waals surface area contributed by atoms with Gasteiger partial charge in [-0.1, -0.05) is 13.3 Å². The van der Waals surface area contributed by atoms with Crippen molar-refractivity contribution in [3.8, 4) is 5.75 Å². The van der Waals surface area contributed by atoms with Crippen LogP contribution in [0.3, 0.4) is 0 Å². The van der Waals surface area contributed by atoms with Crippen molar-refractivity contribution in [3.05, 3.63) is 29.5 Å². The number of carbonyl (C=O) groups excluding carboxylic acids is 1. The number of aliphatic hydroxyl groups excluding tert-OH is 1. The maximum atomic E-state index is 13.3. The first kappa shape index (κ1) is 20.2. The lowest BCUT2D eigenvalue weighted by Crippen LogP contribution is -2.56. The van der Waals surface area contributed by atoms with Crippen LogP contribution in [0.5, 0.6) is 5.75 Å². The topological polar surface area (TPSA) is 92.0 Å². The molecule has 1 aromatic heterocycles. The smallest absolute Gasteiger partial charge is 0.312 e. The molecule has 28 heavy (non-hydrogen) atoms. The van der Waals surface area contributed by atoms with Crippen LogP contribution in [0.4, 0.5) is 0 Å². The van der Waals surface area contributed by atoms with Gasteiger partial charge in [0, 0.05) is 36.7 Å². The summed E-state index contributed by atoms with van der Waals surface area (Å²) in [4.78, 5) is 26.8. The van der Waals surface area contributed by atoms with Crippen molar-refractivity contribution >= 4 is 22.8 Å². The molecule has 1 saturated heterocycles. The third kappa shape index (κ3) is 3.03. The number of nitrogens with zero attached hydrogens (tertiary/aromatic N) is 2. The fourth-order valence-corrected chi connectivity index (χ4v) is 4.36. The predicted molar refractivity (Wildman–Crippen MR) is 106 cm³/mol. The Labute approximate surface area is 164 Å². The van der Waals surface area contributed by atoms with Crippen LogP contribution in [0, 0.1) is 12.3 Å². The number of β-amino-alcohol motifs (C(OH)–C–C–N with tert-alkyl or cyclic N) is 1. The molecule has 2 N–H and O–H groups in total. The first-order valence-electron chi connectivity index (χ1n) is 9.60. The number of hydrogen-bond donors (Lipinski definition) is 2. The van der Waals surface area contributed by atoms with Crippen LogP contribution < -0.4 is 4.74 Å². The zero-order valence-electron chi connectivity index (χ0n) is 16.9. The van der Waals surface area contributed by atoms with E-state index in [0.717, 1.165) is 16.6 Å². The Kier molecular flexibility index (Phi) is 5.39. The Morgan fingerprint density at radius 1 is 1.36 bits per heavy atom. The lowest BCUT2D eigenvalue weighted by Gasteiger charge is -2.42. The lowest BCUT2D eigenvalue weighted by molar-refractivity contribution is -0.162. The second kappa shape index (κ2) is 7.47. The molecule has 2 atom stereocenters. The summed E-state index contributed by atoms with van der Waals surface area (Å²) in [6.45, 7) is 4.12. The van der Waals surface area contributed by atoms with E-state index < -0.39 is 17.5 Å². The highest BCUT2D eigenvalue weighted by atomic mass is 16.5. The molecule has 1 amide bonds. The number of carboxylic acid groups (broad SMARTS) is 1. The maximum Gasteiger partial charge on any atom is 0.312 e. The first-order chi connectivity index (χ1) is 13.3. The van der Waals surface area contributed by atoms with Gasteiger partial charge in [-0.15, -0.1) is 0 Å². The Balaban J connectivity index is 1.96. The lowest BCUT2D eigenvalue weighted by atomic mass is 9.72. The largest absolute Gasteiger partial charge is 0.497 e. The van der Waals surface area contributed by atoms with E-state index in [4.69, 9.17) is 4.74 Å². The van der Waals surface area contributed by atoms with Crippen LogP contribution in [-0.4, -0.2) is 57.9 Å². The number of carbonyl (C=O) groups is 2. The molecule has 1 aromatic carbocycles. The number of amides is 1. The van der Waals surface area contributed by atoms with Crippen LogP contribution in [0.25, 0.3) is 10.9 Å². The molecule has 7 heteroatoms. The standard InChI is InChI=1S/C21H28N2O5/c1-5-8-21(20(26)27)9-10-23(12-17(21)24)19(25)18-13(2)22(3)16-7-6-14(28-4)11-15(16)18/h6-7,11,17,24H,5,8-10,12H2,1-4H3,(H,26,27)/t17-,21-/m0/s1. The molecule has 2 aromatic rings. The molecule has 1 fully saturated rings. The summed E-state index contributed by atoms with van der Waals surface area (Å²) in [5.74, 6) is -0.510. The fraction of sp³-hybridized carbons (Fsp3) is 0.524. The summed E-state index contributed by atoms with van der Waals surface area (Å²) >= 11 is 0. The number of benzene rings is 1. The van der Waals surface area contributed by atoms with Crippen molar-refractivity contribution in [2.75, 3.05) is 20.2 Å². The average molecular weight is 388 g/mol. The number of methoxy groups -OCH3 is 1. The summed E-state index contributed by atoms with van der Waals surface area (Å²) in [6.07, 6.45) is 0.221. The Morgan fingerprint density at radius 2 is 2.07 bits per heavy atom. The molecule has 152 valence electrons. The highest BCUT2D eigenvalue weighted by Crippen LogP contribution is 2.38. The summed E-state index contributed by atoms with van der Waals surface area (Å²) in [6, 6.07) is 5.61. The van der Waals surface area contributed by atoms with Crippen LogP contribution in [0.2, 0.25) is 0 Å². The minimum absolute atomic E-state index is 0.0188. The van der Waals surface area contributed by atoms with E-state index in [1.165, 1.54) is 0 Å². The van der Waals surface area contributed by atoms with Crippen molar-refractivity contribution in [3.63, 3.8) is 0 Å². The summed E-state index contributed by atoms with van der Waals surface area (Å²) < 4.78 is 7.27. The molecule has 0 aliphatic carbocycles. The van der Waals surface area contributed by atoms with Crippen molar-refractivity contribution in [2.24, 2.45) is 12.5 Å². The van der Waals surface area contributed by atoms with Crippen LogP contribution in [0.1, 0.15) is 42.2 Å². The molecule has 0 bridgehead atoms. The van der Waals surface area contributed by atoms with Crippen LogP contribution in [0.15, 0.2) is 18.2 Å². The van der Waals surface area contributed by atoms with Gasteiger partial charge in [0.2, 0.25) is 0 Å². The molecule has 3 rings (SSSR count). The minimum Gasteiger partial charge on any atom is -0.497 e. The normalized spacial score (nSPS) is 22.5. The van der Waals surface area contributed by atoms with Gasteiger partial charge in [-0.25, -0.2) is 0 Å². The summed E-state index contributed by atoms with van der Waals surface area (Å²) in [5, 5.41) is 21.1. The van der Waals surface area contributed by atoms with E-state index in [1.807, 2.05) is 43.7 Å². The van der Waals surface area contributed by atoms with Gasteiger partial charge in [0.25, 0.3) is 5.91 Å². The van der Waals surface area contributed by atoms with Crippen molar-refractivity contribution < 1.29 is 24.5 Å². The van der Waals surface area contributed by atoms with Gasteiger partial charge in [0.15, 0.2) is 0 Å². The number of carboxylic acids is 1. The number of ether oxygens (including phenoxy) is 1. The number of aromatic nitrogens is 1. The van der Waals surface area contributed by atoms with Crippen molar-refractivity contribution in [1.29, 1.82) is 0 Å². The Bertz CT molecular complexity index is 919. The monoisotopic (exact) mass is 388 g/mol. The van der Waals surface area contributed by atoms with Gasteiger partial charge < -0.3 is 24.4 Å². The van der Waals surface area contributed by atoms with E-state index in [-0.39, 0.29) is 18.9 Å². The number of aryl methyl sites for hydroxylation is 1. The molecule has 0 spiro atoms. The molecule has 7 nitrogen and oxygen atoms in total. The minimum atomic E-state index is -1.18. The zero-order valence-corrected chi connectivity index (χ0v) is 16.9. The average Bonchev–Trinajstić information content (AvgIpc) is 2.92. The third-order valence-electron chi connectivity index (χ3n) is 6.18. The van der Waals surface area contributed by atoms with Gasteiger partial charge in [0.05, 0.1) is 24.2 Å². The van der Waals surface area contributed by atoms with Gasteiger partial charge in [-0.3, -0.25) is 9.59 Å². The second-order valence-corrected chi connectivity index (χ2v) is 7.63. The number of rotatable bonds is 5. The maximum absolute atomic E-state index is 13.3. The second-order valence-electron chi connectivity index (χ2n) is 7.63. The quantitative estimate of drug-likeness (QED) is 0.821. The molecule has 0 radical (unpaired) electrons. The predicted octanol–water partition coefficient (Wildman–Crippen LogP) is 2.57. The summed E-state index contributed by atoms with van der Waals surface area (Å²) in [5.41, 5.74) is 1.14. The third-order valence-corrected chi connectivity index (χ3v) is 6.18. The highest BCUT2D eigenvalue weighted by molar-refractivity contribution is 6.08. The van der Waals surface area contributed by atoms with E-state index >= 15 is 0 Å². The number of aliphatic carboxylic acids is 1. The van der Waals surface area contributed by atoms with Gasteiger partial charge in [0.1, 0.15) is 5.75 Å². The molecule has 2 heterocycles. The first-order valence-corrected chi connectivity index (χ1v) is 9.60. The zero-order chi connectivity index (χ0) is 20.6. The van der Waals surface area contributed by atoms with Crippen LogP contribution in [-0.2, 0) is 11.8 Å². The number of piperidine rings is 1. The SMILES string of the molecule is CCC[C@]1(C(=O)O)CCN(C(=O)c2c(C)n(C)c3ccc(OC)cc23)C[C@@H]1O. The highest BCUT2D eigenvalue weighted by Gasteiger charge is 2.48. The molecule has 1 aliphatic heterocycles. The molecule has 1 aliphatic rings. The molecule has 0 saturated carbocycles. The van der Waals surface area contributed by atoms with Gasteiger partial charge >= 0.3 is 5.97 Å². The number of fused-ring (bicyclic) bond motifs is 1. The molecular weight excluding hydrogens is 360 g/mol. The Hall–Kier alpha value is -2.54. The van der Waals surface area contributed by atoms with E-state index in [0.29, 0.717) is 30.7 Å². The number of hydrogen-bond acceptors (Lipinski definition) is 4. The van der Waals surface area contributed by atoms with E-state index in [9.17, 15) is 19.8 Å². The van der Waals surface area contributed by atoms with E-state index in [2.05, 4.69) is 0 Å².